The van der Waals surface area contributed by atoms with Crippen LogP contribution in [-0.4, -0.2) is 54.7 Å². The summed E-state index contributed by atoms with van der Waals surface area (Å²) in [6.45, 7) is 5.87. The van der Waals surface area contributed by atoms with Crippen LogP contribution >= 0.6 is 11.6 Å². The quantitative estimate of drug-likeness (QED) is 0.837. The third kappa shape index (κ3) is 3.20. The first kappa shape index (κ1) is 15.6. The predicted molar refractivity (Wildman–Crippen MR) is 86.2 cm³/mol. The lowest BCUT2D eigenvalue weighted by Gasteiger charge is -2.39. The zero-order chi connectivity index (χ0) is 15.5. The number of hydrogen-bond donors (Lipinski definition) is 0. The van der Waals surface area contributed by atoms with E-state index in [0.717, 1.165) is 51.3 Å². The fourth-order valence-corrected chi connectivity index (χ4v) is 3.51. The Morgan fingerprint density at radius 2 is 2.14 bits per heavy atom. The van der Waals surface area contributed by atoms with E-state index in [4.69, 9.17) is 16.3 Å². The van der Waals surface area contributed by atoms with Gasteiger partial charge in [0.15, 0.2) is 0 Å². The number of aromatic nitrogens is 1. The maximum Gasteiger partial charge on any atom is 0.228 e. The molecular formula is C16H22ClN3O2. The van der Waals surface area contributed by atoms with E-state index in [2.05, 4.69) is 9.88 Å². The summed E-state index contributed by atoms with van der Waals surface area (Å²) in [6, 6.07) is 1.93. The van der Waals surface area contributed by atoms with Gasteiger partial charge >= 0.3 is 0 Å². The molecule has 3 heterocycles. The third-order valence-corrected chi connectivity index (χ3v) is 4.90. The Hall–Kier alpha value is -1.33. The Balaban J connectivity index is 1.59. The lowest BCUT2D eigenvalue weighted by Crippen LogP contribution is -2.52. The molecule has 2 saturated heterocycles. The van der Waals surface area contributed by atoms with Crippen LogP contribution in [0.2, 0.25) is 5.02 Å². The summed E-state index contributed by atoms with van der Waals surface area (Å²) in [5, 5.41) is 0.663. The maximum atomic E-state index is 12.7. The van der Waals surface area contributed by atoms with Crippen LogP contribution in [0.3, 0.4) is 0 Å². The number of ether oxygens (including phenoxy) is 1. The van der Waals surface area contributed by atoms with Crippen LogP contribution in [0.5, 0.6) is 0 Å². The molecule has 2 fully saturated rings. The van der Waals surface area contributed by atoms with E-state index in [-0.39, 0.29) is 17.9 Å². The van der Waals surface area contributed by atoms with Gasteiger partial charge in [0.2, 0.25) is 5.91 Å². The van der Waals surface area contributed by atoms with Gasteiger partial charge in [0.25, 0.3) is 0 Å². The highest BCUT2D eigenvalue weighted by atomic mass is 35.5. The molecule has 5 nitrogen and oxygen atoms in total. The molecular weight excluding hydrogens is 302 g/mol. The lowest BCUT2D eigenvalue weighted by atomic mass is 9.93. The van der Waals surface area contributed by atoms with Crippen molar-refractivity contribution in [2.75, 3.05) is 37.7 Å². The van der Waals surface area contributed by atoms with Crippen molar-refractivity contribution in [3.05, 3.63) is 23.5 Å². The van der Waals surface area contributed by atoms with Crippen molar-refractivity contribution >= 4 is 23.2 Å². The molecule has 1 aromatic rings. The van der Waals surface area contributed by atoms with Crippen LogP contribution in [0, 0.1) is 5.92 Å². The molecule has 0 radical (unpaired) electrons. The minimum atomic E-state index is 0.0183. The molecule has 2 unspecified atom stereocenters. The number of amides is 1. The smallest absolute Gasteiger partial charge is 0.228 e. The van der Waals surface area contributed by atoms with Gasteiger partial charge in [-0.25, -0.2) is 0 Å². The maximum absolute atomic E-state index is 12.7. The molecule has 22 heavy (non-hydrogen) atoms. The molecule has 0 spiro atoms. The van der Waals surface area contributed by atoms with E-state index < -0.39 is 0 Å². The van der Waals surface area contributed by atoms with E-state index >= 15 is 0 Å². The fraction of sp³-hybridized carbons (Fsp3) is 0.625. The van der Waals surface area contributed by atoms with E-state index in [0.29, 0.717) is 5.02 Å². The molecule has 6 heteroatoms. The first-order valence-corrected chi connectivity index (χ1v) is 8.29. The van der Waals surface area contributed by atoms with Gasteiger partial charge in [0.1, 0.15) is 0 Å². The van der Waals surface area contributed by atoms with E-state index in [9.17, 15) is 4.79 Å². The second-order valence-corrected chi connectivity index (χ2v) is 6.37. The zero-order valence-electron chi connectivity index (χ0n) is 12.9. The number of carbonyl (C=O) groups excluding carboxylic acids is 1. The predicted octanol–water partition coefficient (Wildman–Crippen LogP) is 2.20. The highest BCUT2D eigenvalue weighted by molar-refractivity contribution is 6.33. The Bertz CT molecular complexity index is 532. The number of pyridine rings is 1. The molecule has 120 valence electrons. The van der Waals surface area contributed by atoms with Gasteiger partial charge in [0, 0.05) is 45.2 Å². The van der Waals surface area contributed by atoms with Crippen LogP contribution in [0.15, 0.2) is 18.5 Å². The molecule has 2 atom stereocenters. The van der Waals surface area contributed by atoms with Gasteiger partial charge in [-0.15, -0.1) is 0 Å². The molecule has 0 N–H and O–H groups in total. The summed E-state index contributed by atoms with van der Waals surface area (Å²) in [4.78, 5) is 20.9. The van der Waals surface area contributed by atoms with Gasteiger partial charge in [0.05, 0.1) is 22.7 Å². The summed E-state index contributed by atoms with van der Waals surface area (Å²) < 4.78 is 5.63. The van der Waals surface area contributed by atoms with Crippen LogP contribution < -0.4 is 4.90 Å². The highest BCUT2D eigenvalue weighted by Gasteiger charge is 2.33. The van der Waals surface area contributed by atoms with Crippen LogP contribution in [0.25, 0.3) is 0 Å². The van der Waals surface area contributed by atoms with Crippen molar-refractivity contribution < 1.29 is 9.53 Å². The molecule has 3 rings (SSSR count). The molecule has 0 saturated carbocycles. The van der Waals surface area contributed by atoms with Crippen LogP contribution in [0.1, 0.15) is 19.8 Å². The molecule has 1 aromatic heterocycles. The number of halogens is 1. The van der Waals surface area contributed by atoms with Crippen LogP contribution in [0.4, 0.5) is 5.69 Å². The number of nitrogens with zero attached hydrogens (tertiary/aromatic N) is 3. The van der Waals surface area contributed by atoms with Crippen molar-refractivity contribution in [3.8, 4) is 0 Å². The molecule has 2 aliphatic rings. The van der Waals surface area contributed by atoms with Crippen molar-refractivity contribution in [3.63, 3.8) is 0 Å². The topological polar surface area (TPSA) is 45.7 Å². The minimum absolute atomic E-state index is 0.0183. The van der Waals surface area contributed by atoms with Crippen LogP contribution in [-0.2, 0) is 9.53 Å². The first-order valence-electron chi connectivity index (χ1n) is 7.91. The normalized spacial score (nSPS) is 26.1. The molecule has 0 aromatic carbocycles. The SMILES string of the molecule is CC1OCCCC1C(=O)N1CCN(c2ccncc2Cl)CC1. The van der Waals surface area contributed by atoms with Crippen molar-refractivity contribution in [1.29, 1.82) is 0 Å². The Morgan fingerprint density at radius 1 is 1.36 bits per heavy atom. The van der Waals surface area contributed by atoms with Crippen molar-refractivity contribution in [2.45, 2.75) is 25.9 Å². The summed E-state index contributed by atoms with van der Waals surface area (Å²) in [6.07, 6.45) is 5.37. The Labute approximate surface area is 136 Å². The molecule has 1 amide bonds. The standard InChI is InChI=1S/C16H22ClN3O2/c1-12-13(3-2-10-22-12)16(21)20-8-6-19(7-9-20)15-4-5-18-11-14(15)17/h4-5,11-13H,2-3,6-10H2,1H3. The van der Waals surface area contributed by atoms with Gasteiger partial charge < -0.3 is 14.5 Å². The third-order valence-electron chi connectivity index (χ3n) is 4.61. The Kier molecular flexibility index (Phi) is 4.84. The average Bonchev–Trinajstić information content (AvgIpc) is 2.55. The first-order chi connectivity index (χ1) is 10.7. The Morgan fingerprint density at radius 3 is 2.82 bits per heavy atom. The number of piperazine rings is 1. The highest BCUT2D eigenvalue weighted by Crippen LogP contribution is 2.27. The van der Waals surface area contributed by atoms with Crippen molar-refractivity contribution in [2.24, 2.45) is 5.92 Å². The van der Waals surface area contributed by atoms with Gasteiger partial charge in [-0.1, -0.05) is 11.6 Å². The summed E-state index contributed by atoms with van der Waals surface area (Å²) in [5.41, 5.74) is 0.998. The monoisotopic (exact) mass is 323 g/mol. The average molecular weight is 324 g/mol. The summed E-state index contributed by atoms with van der Waals surface area (Å²) >= 11 is 6.20. The van der Waals surface area contributed by atoms with E-state index in [1.165, 1.54) is 0 Å². The minimum Gasteiger partial charge on any atom is -0.378 e. The lowest BCUT2D eigenvalue weighted by molar-refractivity contribution is -0.144. The second kappa shape index (κ2) is 6.84. The number of carbonyl (C=O) groups is 1. The van der Waals surface area contributed by atoms with Gasteiger partial charge in [-0.2, -0.15) is 0 Å². The number of rotatable bonds is 2. The zero-order valence-corrected chi connectivity index (χ0v) is 13.6. The molecule has 0 aliphatic carbocycles. The van der Waals surface area contributed by atoms with E-state index in [1.54, 1.807) is 12.4 Å². The summed E-state index contributed by atoms with van der Waals surface area (Å²) in [5.74, 6) is 0.262. The fourth-order valence-electron chi connectivity index (χ4n) is 3.27. The van der Waals surface area contributed by atoms with E-state index in [1.807, 2.05) is 17.9 Å². The summed E-state index contributed by atoms with van der Waals surface area (Å²) in [7, 11) is 0. The largest absolute Gasteiger partial charge is 0.378 e. The number of anilines is 1. The second-order valence-electron chi connectivity index (χ2n) is 5.96. The number of hydrogen-bond acceptors (Lipinski definition) is 4. The van der Waals surface area contributed by atoms with Gasteiger partial charge in [-0.05, 0) is 25.8 Å². The molecule has 0 bridgehead atoms. The molecule has 2 aliphatic heterocycles. The van der Waals surface area contributed by atoms with Crippen molar-refractivity contribution in [1.82, 2.24) is 9.88 Å². The van der Waals surface area contributed by atoms with Gasteiger partial charge in [-0.3, -0.25) is 9.78 Å².